The van der Waals surface area contributed by atoms with E-state index in [0.717, 1.165) is 5.92 Å². The largest absolute Gasteiger partial charge is 0.390 e. The maximum atomic E-state index is 10.2. The lowest BCUT2D eigenvalue weighted by atomic mass is 9.64. The highest BCUT2D eigenvalue weighted by molar-refractivity contribution is 5.20. The molecule has 1 unspecified atom stereocenters. The molecule has 1 heteroatoms. The first-order valence-electron chi connectivity index (χ1n) is 6.76. The Labute approximate surface area is 99.9 Å². The van der Waals surface area contributed by atoms with Gasteiger partial charge in [-0.1, -0.05) is 18.6 Å². The molecule has 16 heavy (non-hydrogen) atoms. The van der Waals surface area contributed by atoms with Crippen molar-refractivity contribution in [2.75, 3.05) is 0 Å². The van der Waals surface area contributed by atoms with Crippen LogP contribution in [0.5, 0.6) is 0 Å². The molecule has 1 saturated carbocycles. The Bertz CT molecular complexity index is 297. The van der Waals surface area contributed by atoms with Crippen molar-refractivity contribution in [1.29, 1.82) is 0 Å². The third kappa shape index (κ3) is 1.84. The Morgan fingerprint density at radius 2 is 2.06 bits per heavy atom. The molecule has 1 nitrogen and oxygen atoms in total. The quantitative estimate of drug-likeness (QED) is 0.667. The van der Waals surface area contributed by atoms with E-state index in [9.17, 15) is 5.11 Å². The number of aliphatic hydroxyl groups is 1. The highest BCUT2D eigenvalue weighted by atomic mass is 16.3. The Morgan fingerprint density at radius 3 is 2.56 bits per heavy atom. The summed E-state index contributed by atoms with van der Waals surface area (Å²) in [6, 6.07) is 0. The summed E-state index contributed by atoms with van der Waals surface area (Å²) in [5.74, 6) is 1.28. The highest BCUT2D eigenvalue weighted by Crippen LogP contribution is 2.56. The molecule has 3 atom stereocenters. The average molecular weight is 222 g/mol. The van der Waals surface area contributed by atoms with Crippen molar-refractivity contribution in [2.24, 2.45) is 17.3 Å². The first-order valence-corrected chi connectivity index (χ1v) is 6.76. The van der Waals surface area contributed by atoms with Crippen LogP contribution < -0.4 is 0 Å². The van der Waals surface area contributed by atoms with Crippen LogP contribution in [-0.2, 0) is 0 Å². The summed E-state index contributed by atoms with van der Waals surface area (Å²) in [7, 11) is 0. The lowest BCUT2D eigenvalue weighted by Crippen LogP contribution is -2.34. The molecule has 92 valence electrons. The first kappa shape index (κ1) is 12.2. The Hall–Kier alpha value is -0.300. The second-order valence-corrected chi connectivity index (χ2v) is 6.62. The third-order valence-corrected chi connectivity index (χ3v) is 5.33. The second kappa shape index (κ2) is 3.87. The van der Waals surface area contributed by atoms with Gasteiger partial charge in [0.2, 0.25) is 0 Å². The summed E-state index contributed by atoms with van der Waals surface area (Å²) < 4.78 is 0. The van der Waals surface area contributed by atoms with Gasteiger partial charge in [-0.15, -0.1) is 0 Å². The molecule has 0 radical (unpaired) electrons. The zero-order valence-corrected chi connectivity index (χ0v) is 11.2. The van der Waals surface area contributed by atoms with Gasteiger partial charge in [0.05, 0.1) is 5.60 Å². The molecule has 1 fully saturated rings. The second-order valence-electron chi connectivity index (χ2n) is 6.62. The molecule has 2 aliphatic rings. The lowest BCUT2D eigenvalue weighted by Gasteiger charge is -2.41. The van der Waals surface area contributed by atoms with E-state index in [-0.39, 0.29) is 0 Å². The van der Waals surface area contributed by atoms with Crippen LogP contribution in [0.4, 0.5) is 0 Å². The molecule has 2 rings (SSSR count). The smallest absolute Gasteiger partial charge is 0.0620 e. The van der Waals surface area contributed by atoms with Crippen molar-refractivity contribution in [3.63, 3.8) is 0 Å². The monoisotopic (exact) mass is 222 g/mol. The van der Waals surface area contributed by atoms with Gasteiger partial charge in [-0.2, -0.15) is 0 Å². The fourth-order valence-corrected chi connectivity index (χ4v) is 3.90. The zero-order valence-electron chi connectivity index (χ0n) is 11.2. The van der Waals surface area contributed by atoms with Crippen LogP contribution >= 0.6 is 0 Å². The Kier molecular flexibility index (Phi) is 2.94. The minimum Gasteiger partial charge on any atom is -0.390 e. The van der Waals surface area contributed by atoms with Crippen molar-refractivity contribution in [2.45, 2.75) is 65.4 Å². The van der Waals surface area contributed by atoms with E-state index in [1.54, 1.807) is 5.57 Å². The van der Waals surface area contributed by atoms with E-state index < -0.39 is 5.60 Å². The van der Waals surface area contributed by atoms with Gasteiger partial charge >= 0.3 is 0 Å². The maximum Gasteiger partial charge on any atom is 0.0620 e. The van der Waals surface area contributed by atoms with Crippen LogP contribution in [0, 0.1) is 17.3 Å². The third-order valence-electron chi connectivity index (χ3n) is 5.33. The predicted octanol–water partition coefficient (Wildman–Crippen LogP) is 3.92. The summed E-state index contributed by atoms with van der Waals surface area (Å²) in [6.45, 7) is 8.66. The zero-order chi connectivity index (χ0) is 12.0. The molecule has 0 bridgehead atoms. The molecule has 0 saturated heterocycles. The van der Waals surface area contributed by atoms with Crippen molar-refractivity contribution >= 4 is 0 Å². The molecular weight excluding hydrogens is 196 g/mol. The first-order chi connectivity index (χ1) is 7.36. The fraction of sp³-hybridized carbons (Fsp3) is 0.867. The van der Waals surface area contributed by atoms with Crippen molar-refractivity contribution in [1.82, 2.24) is 0 Å². The van der Waals surface area contributed by atoms with E-state index in [1.807, 2.05) is 13.8 Å². The van der Waals surface area contributed by atoms with E-state index in [2.05, 4.69) is 19.9 Å². The van der Waals surface area contributed by atoms with Crippen LogP contribution in [-0.4, -0.2) is 10.7 Å². The van der Waals surface area contributed by atoms with E-state index in [0.29, 0.717) is 11.3 Å². The number of allylic oxidation sites excluding steroid dienone is 2. The minimum atomic E-state index is -0.499. The van der Waals surface area contributed by atoms with Crippen LogP contribution in [0.3, 0.4) is 0 Å². The standard InChI is InChI=1S/C15H26O/c1-11-6-5-7-12(2)15(11)9-8-13(10-15)14(3,4)16/h6,12-13,16H,5,7-10H2,1-4H3/t12?,13-,15+/m0/s1. The van der Waals surface area contributed by atoms with Crippen molar-refractivity contribution in [3.05, 3.63) is 11.6 Å². The van der Waals surface area contributed by atoms with Gasteiger partial charge in [0.25, 0.3) is 0 Å². The molecule has 0 heterocycles. The SMILES string of the molecule is CC1=CCCC(C)[C@@]12CC[C@H](C(C)(C)O)C2. The normalized spacial score (nSPS) is 40.2. The van der Waals surface area contributed by atoms with Crippen LogP contribution in [0.2, 0.25) is 0 Å². The van der Waals surface area contributed by atoms with E-state index in [4.69, 9.17) is 0 Å². The average Bonchev–Trinajstić information content (AvgIpc) is 2.60. The molecule has 0 aromatic carbocycles. The van der Waals surface area contributed by atoms with Crippen LogP contribution in [0.25, 0.3) is 0 Å². The van der Waals surface area contributed by atoms with Crippen LogP contribution in [0.1, 0.15) is 59.8 Å². The topological polar surface area (TPSA) is 20.2 Å². The molecule has 0 aliphatic heterocycles. The summed E-state index contributed by atoms with van der Waals surface area (Å²) >= 11 is 0. The number of hydrogen-bond donors (Lipinski definition) is 1. The van der Waals surface area contributed by atoms with E-state index >= 15 is 0 Å². The summed E-state index contributed by atoms with van der Waals surface area (Å²) in [6.07, 6.45) is 8.69. The van der Waals surface area contributed by atoms with E-state index in [1.165, 1.54) is 32.1 Å². The summed E-state index contributed by atoms with van der Waals surface area (Å²) in [4.78, 5) is 0. The molecule has 0 aromatic rings. The Morgan fingerprint density at radius 1 is 1.38 bits per heavy atom. The molecule has 2 aliphatic carbocycles. The van der Waals surface area contributed by atoms with Gasteiger partial charge in [-0.25, -0.2) is 0 Å². The molecule has 1 N–H and O–H groups in total. The van der Waals surface area contributed by atoms with Gasteiger partial charge in [0.1, 0.15) is 0 Å². The fourth-order valence-electron chi connectivity index (χ4n) is 3.90. The van der Waals surface area contributed by atoms with Crippen molar-refractivity contribution in [3.8, 4) is 0 Å². The Balaban J connectivity index is 2.22. The van der Waals surface area contributed by atoms with Crippen molar-refractivity contribution < 1.29 is 5.11 Å². The maximum absolute atomic E-state index is 10.2. The number of rotatable bonds is 1. The molecule has 0 amide bonds. The molecular formula is C15H26O. The number of hydrogen-bond acceptors (Lipinski definition) is 1. The van der Waals surface area contributed by atoms with Gasteiger partial charge in [-0.05, 0) is 70.1 Å². The summed E-state index contributed by atoms with van der Waals surface area (Å²) in [5.41, 5.74) is 1.52. The predicted molar refractivity (Wildman–Crippen MR) is 68.2 cm³/mol. The van der Waals surface area contributed by atoms with Gasteiger partial charge in [-0.3, -0.25) is 0 Å². The van der Waals surface area contributed by atoms with Gasteiger partial charge < -0.3 is 5.11 Å². The lowest BCUT2D eigenvalue weighted by molar-refractivity contribution is 0.0128. The van der Waals surface area contributed by atoms with Gasteiger partial charge in [0, 0.05) is 0 Å². The minimum absolute atomic E-state index is 0.420. The molecule has 0 aromatic heterocycles. The van der Waals surface area contributed by atoms with Gasteiger partial charge in [0.15, 0.2) is 0 Å². The summed E-state index contributed by atoms with van der Waals surface area (Å²) in [5, 5.41) is 10.2. The highest BCUT2D eigenvalue weighted by Gasteiger charge is 2.48. The molecule has 1 spiro atoms. The van der Waals surface area contributed by atoms with Crippen LogP contribution in [0.15, 0.2) is 11.6 Å².